The lowest BCUT2D eigenvalue weighted by molar-refractivity contribution is 0.673. The maximum absolute atomic E-state index is 6.72. The molecule has 0 aliphatic carbocycles. The summed E-state index contributed by atoms with van der Waals surface area (Å²) in [4.78, 5) is 15.5. The van der Waals surface area contributed by atoms with Crippen molar-refractivity contribution in [2.24, 2.45) is 0 Å². The van der Waals surface area contributed by atoms with Crippen LogP contribution in [-0.4, -0.2) is 15.0 Å². The summed E-state index contributed by atoms with van der Waals surface area (Å²) in [5.74, 6) is 1.86. The van der Waals surface area contributed by atoms with Crippen molar-refractivity contribution in [1.82, 2.24) is 15.0 Å². The second kappa shape index (κ2) is 11.4. The van der Waals surface area contributed by atoms with Gasteiger partial charge in [-0.05, 0) is 69.8 Å². The Balaban J connectivity index is 1.13. The molecule has 52 heavy (non-hydrogen) atoms. The minimum absolute atomic E-state index is 0.598. The van der Waals surface area contributed by atoms with Crippen molar-refractivity contribution in [3.05, 3.63) is 164 Å². The van der Waals surface area contributed by atoms with Gasteiger partial charge in [-0.25, -0.2) is 15.0 Å². The predicted octanol–water partition coefficient (Wildman–Crippen LogP) is 13.1. The van der Waals surface area contributed by atoms with Gasteiger partial charge in [0.05, 0.1) is 0 Å². The van der Waals surface area contributed by atoms with Crippen LogP contribution in [0.1, 0.15) is 0 Å². The van der Waals surface area contributed by atoms with Crippen LogP contribution in [0.3, 0.4) is 0 Å². The average Bonchev–Trinajstić information content (AvgIpc) is 3.78. The fraction of sp³-hybridized carbons (Fsp3) is 0. The van der Waals surface area contributed by atoms with Crippen LogP contribution in [0.5, 0.6) is 0 Å². The monoisotopic (exact) mass is 681 g/mol. The van der Waals surface area contributed by atoms with Crippen molar-refractivity contribution in [2.75, 3.05) is 0 Å². The first-order valence-electron chi connectivity index (χ1n) is 17.3. The molecule has 0 spiro atoms. The molecule has 0 bridgehead atoms. The summed E-state index contributed by atoms with van der Waals surface area (Å²) in [6.07, 6.45) is 0. The predicted molar refractivity (Wildman–Crippen MR) is 217 cm³/mol. The Morgan fingerprint density at radius 2 is 1.02 bits per heavy atom. The maximum atomic E-state index is 6.72. The van der Waals surface area contributed by atoms with E-state index in [9.17, 15) is 0 Å². The van der Waals surface area contributed by atoms with E-state index in [1.807, 2.05) is 0 Å². The first-order valence-corrected chi connectivity index (χ1v) is 18.2. The Kier molecular flexibility index (Phi) is 6.39. The van der Waals surface area contributed by atoms with E-state index < -0.39 is 0 Å². The van der Waals surface area contributed by atoms with Gasteiger partial charge in [-0.15, -0.1) is 11.3 Å². The van der Waals surface area contributed by atoms with E-state index in [0.29, 0.717) is 17.5 Å². The van der Waals surface area contributed by atoms with Crippen LogP contribution in [-0.2, 0) is 0 Å². The molecule has 3 aromatic heterocycles. The number of aromatic nitrogens is 3. The first-order chi connectivity index (χ1) is 25.7. The molecule has 3 heterocycles. The zero-order chi connectivity index (χ0) is 34.2. The molecule has 0 fully saturated rings. The van der Waals surface area contributed by atoms with Crippen molar-refractivity contribution < 1.29 is 4.42 Å². The van der Waals surface area contributed by atoms with Crippen molar-refractivity contribution in [3.63, 3.8) is 0 Å². The molecule has 0 aliphatic rings. The van der Waals surface area contributed by atoms with Gasteiger partial charge >= 0.3 is 0 Å². The van der Waals surface area contributed by atoms with E-state index >= 15 is 0 Å². The van der Waals surface area contributed by atoms with Crippen LogP contribution in [0, 0.1) is 0 Å². The molecule has 0 radical (unpaired) electrons. The highest BCUT2D eigenvalue weighted by Crippen LogP contribution is 2.41. The first kappa shape index (κ1) is 29.1. The van der Waals surface area contributed by atoms with Crippen molar-refractivity contribution in [1.29, 1.82) is 0 Å². The Hall–Kier alpha value is -6.69. The SMILES string of the molecule is c1ccc(-c2cc3c4ccc(-c5nc(-c6ccc7sc8ccccc8c7c6)nc(-c6cccc7ccccc67)n5)cc4oc3c3ccccc23)cc1. The fourth-order valence-electron chi connectivity index (χ4n) is 7.63. The molecular weight excluding hydrogens is 655 g/mol. The lowest BCUT2D eigenvalue weighted by Crippen LogP contribution is -2.00. The lowest BCUT2D eigenvalue weighted by Gasteiger charge is -2.10. The van der Waals surface area contributed by atoms with Gasteiger partial charge in [-0.2, -0.15) is 0 Å². The number of furan rings is 1. The van der Waals surface area contributed by atoms with Gasteiger partial charge in [-0.1, -0.05) is 121 Å². The van der Waals surface area contributed by atoms with Crippen LogP contribution >= 0.6 is 11.3 Å². The van der Waals surface area contributed by atoms with Gasteiger partial charge in [0, 0.05) is 53.0 Å². The number of hydrogen-bond donors (Lipinski definition) is 0. The van der Waals surface area contributed by atoms with E-state index in [1.165, 1.54) is 31.3 Å². The van der Waals surface area contributed by atoms with E-state index in [1.54, 1.807) is 11.3 Å². The number of fused-ring (bicyclic) bond motifs is 9. The summed E-state index contributed by atoms with van der Waals surface area (Å²) in [7, 11) is 0. The molecule has 0 aliphatic heterocycles. The number of nitrogens with zero attached hydrogens (tertiary/aromatic N) is 3. The summed E-state index contributed by atoms with van der Waals surface area (Å²) in [5.41, 5.74) is 6.83. The smallest absolute Gasteiger partial charge is 0.164 e. The molecule has 0 unspecified atom stereocenters. The molecule has 0 N–H and O–H groups in total. The lowest BCUT2D eigenvalue weighted by atomic mass is 9.95. The van der Waals surface area contributed by atoms with E-state index in [4.69, 9.17) is 19.4 Å². The van der Waals surface area contributed by atoms with Gasteiger partial charge in [-0.3, -0.25) is 0 Å². The molecule has 5 heteroatoms. The zero-order valence-corrected chi connectivity index (χ0v) is 28.6. The van der Waals surface area contributed by atoms with Crippen LogP contribution < -0.4 is 0 Å². The molecule has 242 valence electrons. The fourth-order valence-corrected chi connectivity index (χ4v) is 8.72. The third kappa shape index (κ3) is 4.57. The Labute approximate surface area is 302 Å². The van der Waals surface area contributed by atoms with Crippen LogP contribution in [0.4, 0.5) is 0 Å². The van der Waals surface area contributed by atoms with Crippen molar-refractivity contribution in [2.45, 2.75) is 0 Å². The number of benzene rings is 8. The molecule has 0 saturated heterocycles. The highest BCUT2D eigenvalue weighted by molar-refractivity contribution is 7.25. The summed E-state index contributed by atoms with van der Waals surface area (Å²) < 4.78 is 9.23. The maximum Gasteiger partial charge on any atom is 0.164 e. The number of rotatable bonds is 4. The Morgan fingerprint density at radius 1 is 0.365 bits per heavy atom. The summed E-state index contributed by atoms with van der Waals surface area (Å²) in [6, 6.07) is 57.4. The van der Waals surface area contributed by atoms with Gasteiger partial charge in [0.15, 0.2) is 17.5 Å². The highest BCUT2D eigenvalue weighted by atomic mass is 32.1. The normalized spacial score (nSPS) is 11.8. The van der Waals surface area contributed by atoms with Crippen molar-refractivity contribution in [3.8, 4) is 45.3 Å². The van der Waals surface area contributed by atoms with Crippen LogP contribution in [0.2, 0.25) is 0 Å². The van der Waals surface area contributed by atoms with Gasteiger partial charge < -0.3 is 4.42 Å². The minimum Gasteiger partial charge on any atom is -0.455 e. The average molecular weight is 682 g/mol. The second-order valence-electron chi connectivity index (χ2n) is 13.2. The second-order valence-corrected chi connectivity index (χ2v) is 14.3. The number of thiophene rings is 1. The molecule has 11 rings (SSSR count). The van der Waals surface area contributed by atoms with Gasteiger partial charge in [0.2, 0.25) is 0 Å². The molecular formula is C47H27N3OS. The van der Waals surface area contributed by atoms with E-state index in [0.717, 1.165) is 60.2 Å². The van der Waals surface area contributed by atoms with Crippen LogP contribution in [0.15, 0.2) is 168 Å². The summed E-state index contributed by atoms with van der Waals surface area (Å²) >= 11 is 1.81. The topological polar surface area (TPSA) is 51.8 Å². The quantitative estimate of drug-likeness (QED) is 0.185. The minimum atomic E-state index is 0.598. The van der Waals surface area contributed by atoms with E-state index in [-0.39, 0.29) is 0 Å². The Morgan fingerprint density at radius 3 is 1.88 bits per heavy atom. The standard InChI is InChI=1S/C47H27N3OS/c1-2-11-29(12-3-1)38-27-40-34-23-21-31(26-41(34)51-44(40)36-18-7-6-16-33(36)38)46-48-45(30-22-24-43-39(25-30)35-17-8-9-20-42(35)52-43)49-47(50-46)37-19-10-14-28-13-4-5-15-32(28)37/h1-27H. The molecule has 8 aromatic carbocycles. The third-order valence-electron chi connectivity index (χ3n) is 10.1. The third-order valence-corrected chi connectivity index (χ3v) is 11.3. The van der Waals surface area contributed by atoms with E-state index in [2.05, 4.69) is 164 Å². The highest BCUT2D eigenvalue weighted by Gasteiger charge is 2.19. The molecule has 11 aromatic rings. The number of hydrogen-bond acceptors (Lipinski definition) is 5. The molecule has 4 nitrogen and oxygen atoms in total. The van der Waals surface area contributed by atoms with Crippen molar-refractivity contribution >= 4 is 75.0 Å². The molecule has 0 amide bonds. The Bertz CT molecular complexity index is 3190. The summed E-state index contributed by atoms with van der Waals surface area (Å²) in [5, 5.41) is 9.08. The summed E-state index contributed by atoms with van der Waals surface area (Å²) in [6.45, 7) is 0. The largest absolute Gasteiger partial charge is 0.455 e. The molecule has 0 saturated carbocycles. The van der Waals surface area contributed by atoms with Gasteiger partial charge in [0.25, 0.3) is 0 Å². The van der Waals surface area contributed by atoms with Gasteiger partial charge in [0.1, 0.15) is 11.2 Å². The molecule has 0 atom stereocenters. The van der Waals surface area contributed by atoms with Crippen LogP contribution in [0.25, 0.3) is 109 Å². The zero-order valence-electron chi connectivity index (χ0n) is 27.7.